The monoisotopic (exact) mass is 1220 g/mol. The molecule has 9 heteroatoms. The van der Waals surface area contributed by atoms with Crippen molar-refractivity contribution in [3.63, 3.8) is 0 Å². The number of amides is 1. The van der Waals surface area contributed by atoms with E-state index in [4.69, 9.17) is 9.05 Å². The van der Waals surface area contributed by atoms with Gasteiger partial charge in [0.1, 0.15) is 13.2 Å². The van der Waals surface area contributed by atoms with Crippen LogP contribution in [0.3, 0.4) is 0 Å². The average Bonchev–Trinajstić information content (AvgIpc) is 3.71. The molecule has 0 rings (SSSR count). The van der Waals surface area contributed by atoms with Gasteiger partial charge in [0, 0.05) is 6.42 Å². The van der Waals surface area contributed by atoms with Crippen LogP contribution in [-0.4, -0.2) is 73.4 Å². The number of phosphoric ester groups is 1. The Hall–Kier alpha value is -4.40. The second kappa shape index (κ2) is 66.0. The first-order valence-electron chi connectivity index (χ1n) is 34.7. The van der Waals surface area contributed by atoms with Gasteiger partial charge in [-0.3, -0.25) is 13.8 Å². The first-order valence-corrected chi connectivity index (χ1v) is 36.2. The lowest BCUT2D eigenvalue weighted by Crippen LogP contribution is -2.45. The lowest BCUT2D eigenvalue weighted by molar-refractivity contribution is -0.870. The van der Waals surface area contributed by atoms with Crippen LogP contribution in [-0.2, 0) is 18.4 Å². The molecule has 3 unspecified atom stereocenters. The second-order valence-corrected chi connectivity index (χ2v) is 25.3. The molecule has 0 bridgehead atoms. The van der Waals surface area contributed by atoms with Crippen LogP contribution in [0.2, 0.25) is 0 Å². The smallest absolute Gasteiger partial charge is 0.387 e. The van der Waals surface area contributed by atoms with E-state index in [1.165, 1.54) is 96.3 Å². The SMILES string of the molecule is CC/C=C\C/C=C\C/C=C\C/C=C\C/C=C\C/C=C\C/C=C\C/C=C\C/C=C\C/C=C\C/C=C\C/C=C\CCCCCCC(=O)NC(COP(=O)(O)OCC[N+](C)(C)C)C(O)/C=C/CC/C=C/CC/C=C/CCCCCCCCCCCCCCCC. The predicted molar refractivity (Wildman–Crippen MR) is 382 cm³/mol. The number of unbranched alkanes of at least 4 members (excludes halogenated alkanes) is 20. The number of allylic oxidation sites excluding steroid dienone is 29. The predicted octanol–water partition coefficient (Wildman–Crippen LogP) is 22.5. The van der Waals surface area contributed by atoms with Gasteiger partial charge < -0.3 is 19.8 Å². The maximum absolute atomic E-state index is 13.0. The third kappa shape index (κ3) is 68.9. The number of nitrogens with one attached hydrogen (secondary N) is 1. The Morgan fingerprint density at radius 3 is 1.06 bits per heavy atom. The Bertz CT molecular complexity index is 2070. The molecule has 3 atom stereocenters. The van der Waals surface area contributed by atoms with Crippen LogP contribution in [0.1, 0.15) is 251 Å². The molecule has 0 saturated heterocycles. The topological polar surface area (TPSA) is 105 Å². The third-order valence-electron chi connectivity index (χ3n) is 14.3. The highest BCUT2D eigenvalue weighted by molar-refractivity contribution is 7.47. The minimum absolute atomic E-state index is 0.0384. The van der Waals surface area contributed by atoms with Crippen molar-refractivity contribution in [2.75, 3.05) is 40.9 Å². The number of phosphoric acid groups is 1. The zero-order valence-corrected chi connectivity index (χ0v) is 57.1. The van der Waals surface area contributed by atoms with Gasteiger partial charge >= 0.3 is 7.82 Å². The summed E-state index contributed by atoms with van der Waals surface area (Å²) in [6, 6.07) is -0.899. The summed E-state index contributed by atoms with van der Waals surface area (Å²) in [5.41, 5.74) is 0. The number of aliphatic hydroxyl groups excluding tert-OH is 1. The first-order chi connectivity index (χ1) is 42.5. The van der Waals surface area contributed by atoms with E-state index in [1.54, 1.807) is 6.08 Å². The van der Waals surface area contributed by atoms with E-state index >= 15 is 0 Å². The van der Waals surface area contributed by atoms with Crippen LogP contribution in [0.4, 0.5) is 0 Å². The van der Waals surface area contributed by atoms with Crippen LogP contribution in [0.25, 0.3) is 0 Å². The van der Waals surface area contributed by atoms with E-state index in [1.807, 2.05) is 27.2 Å². The van der Waals surface area contributed by atoms with Crippen LogP contribution in [0, 0.1) is 0 Å². The van der Waals surface area contributed by atoms with Crippen molar-refractivity contribution in [2.45, 2.75) is 264 Å². The van der Waals surface area contributed by atoms with E-state index in [0.29, 0.717) is 17.4 Å². The van der Waals surface area contributed by atoms with Gasteiger partial charge in [0.25, 0.3) is 0 Å². The summed E-state index contributed by atoms with van der Waals surface area (Å²) in [5, 5.41) is 13.9. The Morgan fingerprint density at radius 1 is 0.402 bits per heavy atom. The lowest BCUT2D eigenvalue weighted by Gasteiger charge is -2.25. The zero-order valence-electron chi connectivity index (χ0n) is 56.2. The van der Waals surface area contributed by atoms with Gasteiger partial charge in [0.05, 0.1) is 39.9 Å². The van der Waals surface area contributed by atoms with Crippen LogP contribution >= 0.6 is 7.82 Å². The van der Waals surface area contributed by atoms with Gasteiger partial charge in [0.2, 0.25) is 5.91 Å². The van der Waals surface area contributed by atoms with Crippen molar-refractivity contribution in [2.24, 2.45) is 0 Å². The molecule has 0 radical (unpaired) electrons. The largest absolute Gasteiger partial charge is 0.472 e. The summed E-state index contributed by atoms with van der Waals surface area (Å²) in [6.07, 6.45) is 106. The van der Waals surface area contributed by atoms with E-state index in [-0.39, 0.29) is 19.1 Å². The fourth-order valence-corrected chi connectivity index (χ4v) is 9.73. The number of rotatable bonds is 61. The molecular weight excluding hydrogens is 1090 g/mol. The highest BCUT2D eigenvalue weighted by atomic mass is 31.2. The summed E-state index contributed by atoms with van der Waals surface area (Å²) in [5.74, 6) is -0.222. The van der Waals surface area contributed by atoms with Gasteiger partial charge in [-0.15, -0.1) is 0 Å². The number of hydrogen-bond donors (Lipinski definition) is 3. The fourth-order valence-electron chi connectivity index (χ4n) is 9.00. The van der Waals surface area contributed by atoms with Crippen molar-refractivity contribution in [3.8, 4) is 0 Å². The molecule has 0 aliphatic carbocycles. The van der Waals surface area contributed by atoms with Crippen molar-refractivity contribution in [3.05, 3.63) is 182 Å². The molecule has 8 nitrogen and oxygen atoms in total. The number of carbonyl (C=O) groups excluding carboxylic acids is 1. The van der Waals surface area contributed by atoms with E-state index in [9.17, 15) is 19.4 Å². The number of quaternary nitrogens is 1. The van der Waals surface area contributed by atoms with Crippen molar-refractivity contribution < 1.29 is 32.9 Å². The summed E-state index contributed by atoms with van der Waals surface area (Å²) < 4.78 is 23.7. The normalized spacial score (nSPS) is 14.8. The molecule has 0 aromatic heterocycles. The van der Waals surface area contributed by atoms with Crippen LogP contribution in [0.5, 0.6) is 0 Å². The lowest BCUT2D eigenvalue weighted by atomic mass is 10.0. The van der Waals surface area contributed by atoms with E-state index < -0.39 is 20.0 Å². The highest BCUT2D eigenvalue weighted by Crippen LogP contribution is 2.43. The number of likely N-dealkylation sites (N-methyl/N-ethyl adjacent to an activating group) is 1. The number of hydrogen-bond acceptors (Lipinski definition) is 5. The molecule has 1 amide bonds. The Balaban J connectivity index is 4.27. The molecule has 87 heavy (non-hydrogen) atoms. The minimum Gasteiger partial charge on any atom is -0.387 e. The fraction of sp³-hybridized carbons (Fsp3) is 0.603. The van der Waals surface area contributed by atoms with Crippen LogP contribution in [0.15, 0.2) is 182 Å². The van der Waals surface area contributed by atoms with Crippen LogP contribution < -0.4 is 5.32 Å². The number of nitrogens with zero attached hydrogens (tertiary/aromatic N) is 1. The van der Waals surface area contributed by atoms with Gasteiger partial charge in [-0.05, 0) is 135 Å². The molecule has 0 aromatic carbocycles. The van der Waals surface area contributed by atoms with Crippen molar-refractivity contribution in [1.82, 2.24) is 5.32 Å². The molecule has 0 spiro atoms. The molecule has 0 fully saturated rings. The van der Waals surface area contributed by atoms with Crippen molar-refractivity contribution >= 4 is 13.7 Å². The summed E-state index contributed by atoms with van der Waals surface area (Å²) in [7, 11) is 1.50. The molecule has 0 aromatic rings. The van der Waals surface area contributed by atoms with Crippen molar-refractivity contribution in [1.29, 1.82) is 0 Å². The maximum atomic E-state index is 13.0. The standard InChI is InChI=1S/C78H129N2O6P/c1-6-8-10-12-14-16-18-20-22-24-26-28-30-32-33-34-35-36-37-38-39-40-41-42-43-44-45-46-47-48-50-52-54-56-58-60-62-64-66-68-70-72-78(82)79-76(75-86-87(83,84)85-74-73-80(3,4)5)77(81)71-69-67-65-63-61-59-57-55-53-51-49-31-29-27-25-23-21-19-17-15-13-11-9-7-2/h8,10,14,16,20,22,26,28,32-33,35-36,38-39,41-42,44-45,47-48,52-55,58,60-61,63,69,71,76-77,81H,6-7,9,11-13,15,17-19,21,23-25,27,29-31,34,37,40,43,46,49-51,56-57,59,62,64-68,70,72-75H2,1-5H3,(H-,79,82,83,84)/p+1/b10-8-,16-14-,22-20-,28-26-,33-32-,36-35-,39-38-,42-41-,45-44-,48-47-,54-52-,55-53+,60-58-,63-61+,71-69+. The Morgan fingerprint density at radius 2 is 0.701 bits per heavy atom. The average molecular weight is 1220 g/mol. The molecule has 492 valence electrons. The third-order valence-corrected chi connectivity index (χ3v) is 15.3. The molecule has 0 heterocycles. The van der Waals surface area contributed by atoms with Gasteiger partial charge in [0.15, 0.2) is 0 Å². The second-order valence-electron chi connectivity index (χ2n) is 23.8. The number of carbonyl (C=O) groups is 1. The molecular formula is C78H130N2O6P+. The minimum atomic E-state index is -4.39. The van der Waals surface area contributed by atoms with E-state index in [0.717, 1.165) is 135 Å². The Labute approximate surface area is 536 Å². The van der Waals surface area contributed by atoms with E-state index in [2.05, 4.69) is 189 Å². The van der Waals surface area contributed by atoms with Gasteiger partial charge in [-0.1, -0.05) is 292 Å². The zero-order chi connectivity index (χ0) is 63.4. The molecule has 0 aliphatic heterocycles. The van der Waals surface area contributed by atoms with Gasteiger partial charge in [-0.2, -0.15) is 0 Å². The molecule has 0 aliphatic rings. The Kier molecular flexibility index (Phi) is 62.7. The first kappa shape index (κ1) is 82.6. The molecule has 3 N–H and O–H groups in total. The summed E-state index contributed by atoms with van der Waals surface area (Å²) in [6.45, 7) is 4.64. The highest BCUT2D eigenvalue weighted by Gasteiger charge is 2.27. The number of aliphatic hydroxyl groups is 1. The molecule has 0 saturated carbocycles. The van der Waals surface area contributed by atoms with Gasteiger partial charge in [-0.25, -0.2) is 4.57 Å². The summed E-state index contributed by atoms with van der Waals surface area (Å²) >= 11 is 0. The summed E-state index contributed by atoms with van der Waals surface area (Å²) in [4.78, 5) is 23.4. The quantitative estimate of drug-likeness (QED) is 0.0243. The maximum Gasteiger partial charge on any atom is 0.472 e.